The van der Waals surface area contributed by atoms with E-state index in [4.69, 9.17) is 4.74 Å². The molecule has 0 spiro atoms. The Morgan fingerprint density at radius 1 is 0.952 bits per heavy atom. The zero-order valence-corrected chi connectivity index (χ0v) is 11.9. The van der Waals surface area contributed by atoms with Crippen LogP contribution in [0.25, 0.3) is 11.0 Å². The van der Waals surface area contributed by atoms with Crippen LogP contribution in [0.2, 0.25) is 0 Å². The lowest BCUT2D eigenvalue weighted by molar-refractivity contribution is 0.414. The number of nitrogens with zero attached hydrogens (tertiary/aromatic N) is 2. The van der Waals surface area contributed by atoms with Gasteiger partial charge in [-0.05, 0) is 29.8 Å². The molecule has 1 heterocycles. The van der Waals surface area contributed by atoms with Crippen molar-refractivity contribution in [3.63, 3.8) is 0 Å². The molecule has 0 aliphatic rings. The van der Waals surface area contributed by atoms with E-state index in [9.17, 15) is 0 Å². The van der Waals surface area contributed by atoms with Gasteiger partial charge in [0.1, 0.15) is 5.75 Å². The zero-order valence-electron chi connectivity index (χ0n) is 11.9. The monoisotopic (exact) mass is 279 g/mol. The van der Waals surface area contributed by atoms with Gasteiger partial charge in [0.25, 0.3) is 0 Å². The Hall–Kier alpha value is -2.46. The number of aromatic nitrogens is 2. The number of para-hydroxylation sites is 2. The van der Waals surface area contributed by atoms with Crippen LogP contribution >= 0.6 is 0 Å². The van der Waals surface area contributed by atoms with E-state index in [1.807, 2.05) is 42.6 Å². The van der Waals surface area contributed by atoms with Crippen molar-refractivity contribution in [2.75, 3.05) is 7.11 Å². The van der Waals surface area contributed by atoms with E-state index >= 15 is 0 Å². The second-order valence-electron chi connectivity index (χ2n) is 4.80. The van der Waals surface area contributed by atoms with Gasteiger partial charge in [0.15, 0.2) is 0 Å². The number of methoxy groups -OCH3 is 1. The summed E-state index contributed by atoms with van der Waals surface area (Å²) in [6.45, 7) is 1.49. The van der Waals surface area contributed by atoms with E-state index in [1.54, 1.807) is 7.11 Å². The molecule has 0 atom stereocenters. The summed E-state index contributed by atoms with van der Waals surface area (Å²) in [5.74, 6) is 0.874. The highest BCUT2D eigenvalue weighted by Crippen LogP contribution is 2.11. The molecule has 0 unspecified atom stereocenters. The zero-order chi connectivity index (χ0) is 14.5. The largest absolute Gasteiger partial charge is 0.497 e. The molecule has 0 saturated heterocycles. The molecule has 0 bridgehead atoms. The molecule has 1 aromatic heterocycles. The smallest absolute Gasteiger partial charge is 0.118 e. The second kappa shape index (κ2) is 6.33. The average molecular weight is 279 g/mol. The van der Waals surface area contributed by atoms with Crippen LogP contribution in [0, 0.1) is 0 Å². The number of hydrogen-bond acceptors (Lipinski definition) is 4. The average Bonchev–Trinajstić information content (AvgIpc) is 2.55. The molecule has 0 fully saturated rings. The van der Waals surface area contributed by atoms with Crippen molar-refractivity contribution in [2.24, 2.45) is 0 Å². The highest BCUT2D eigenvalue weighted by molar-refractivity contribution is 5.73. The van der Waals surface area contributed by atoms with Gasteiger partial charge in [-0.25, -0.2) is 4.98 Å². The van der Waals surface area contributed by atoms with Crippen LogP contribution in [0.15, 0.2) is 54.7 Å². The van der Waals surface area contributed by atoms with Crippen LogP contribution in [0.1, 0.15) is 11.3 Å². The molecule has 0 amide bonds. The maximum Gasteiger partial charge on any atom is 0.118 e. The van der Waals surface area contributed by atoms with E-state index in [-0.39, 0.29) is 0 Å². The Morgan fingerprint density at radius 3 is 2.48 bits per heavy atom. The Morgan fingerprint density at radius 2 is 1.71 bits per heavy atom. The van der Waals surface area contributed by atoms with Gasteiger partial charge in [-0.1, -0.05) is 24.3 Å². The number of ether oxygens (including phenoxy) is 1. The lowest BCUT2D eigenvalue weighted by Gasteiger charge is -2.06. The van der Waals surface area contributed by atoms with Gasteiger partial charge in [0.2, 0.25) is 0 Å². The molecule has 3 aromatic rings. The quantitative estimate of drug-likeness (QED) is 0.780. The number of hydrogen-bond donors (Lipinski definition) is 1. The van der Waals surface area contributed by atoms with Crippen LogP contribution in [-0.4, -0.2) is 17.1 Å². The molecule has 4 heteroatoms. The molecule has 0 aliphatic carbocycles. The first-order chi connectivity index (χ1) is 10.3. The van der Waals surface area contributed by atoms with Crippen molar-refractivity contribution >= 4 is 11.0 Å². The van der Waals surface area contributed by atoms with Crippen LogP contribution in [0.4, 0.5) is 0 Å². The minimum Gasteiger partial charge on any atom is -0.497 e. The van der Waals surface area contributed by atoms with Crippen molar-refractivity contribution < 1.29 is 4.74 Å². The molecule has 1 N–H and O–H groups in total. The highest BCUT2D eigenvalue weighted by Gasteiger charge is 1.99. The first-order valence-electron chi connectivity index (χ1n) is 6.89. The topological polar surface area (TPSA) is 47.0 Å². The molecular formula is C17H17N3O. The Balaban J connectivity index is 1.60. The van der Waals surface area contributed by atoms with Gasteiger partial charge >= 0.3 is 0 Å². The number of benzene rings is 2. The third-order valence-electron chi connectivity index (χ3n) is 3.29. The first-order valence-corrected chi connectivity index (χ1v) is 6.89. The molecule has 0 aliphatic heterocycles. The summed E-state index contributed by atoms with van der Waals surface area (Å²) in [6, 6.07) is 15.9. The van der Waals surface area contributed by atoms with Gasteiger partial charge in [-0.15, -0.1) is 0 Å². The third kappa shape index (κ3) is 3.35. The summed E-state index contributed by atoms with van der Waals surface area (Å²) >= 11 is 0. The fourth-order valence-corrected chi connectivity index (χ4v) is 2.16. The second-order valence-corrected chi connectivity index (χ2v) is 4.80. The van der Waals surface area contributed by atoms with Crippen molar-refractivity contribution in [3.05, 3.63) is 66.0 Å². The van der Waals surface area contributed by atoms with Gasteiger partial charge in [0, 0.05) is 13.1 Å². The standard InChI is InChI=1S/C17H17N3O/c1-21-15-8-6-13(7-9-15)10-18-11-14-12-19-16-4-2-3-5-17(16)20-14/h2-9,12,18H,10-11H2,1H3. The van der Waals surface area contributed by atoms with Gasteiger partial charge in [0.05, 0.1) is 30.0 Å². The van der Waals surface area contributed by atoms with Crippen LogP contribution in [-0.2, 0) is 13.1 Å². The lowest BCUT2D eigenvalue weighted by Crippen LogP contribution is -2.13. The Bertz CT molecular complexity index is 725. The molecule has 2 aromatic carbocycles. The van der Waals surface area contributed by atoms with E-state index in [2.05, 4.69) is 27.4 Å². The maximum atomic E-state index is 5.15. The predicted octanol–water partition coefficient (Wildman–Crippen LogP) is 2.93. The van der Waals surface area contributed by atoms with E-state index in [1.165, 1.54) is 5.56 Å². The van der Waals surface area contributed by atoms with Crippen LogP contribution < -0.4 is 10.1 Å². The van der Waals surface area contributed by atoms with Crippen molar-refractivity contribution in [2.45, 2.75) is 13.1 Å². The SMILES string of the molecule is COc1ccc(CNCc2cnc3ccccc3n2)cc1. The van der Waals surface area contributed by atoms with Gasteiger partial charge < -0.3 is 10.1 Å². The van der Waals surface area contributed by atoms with E-state index in [0.29, 0.717) is 6.54 Å². The number of fused-ring (bicyclic) bond motifs is 1. The third-order valence-corrected chi connectivity index (χ3v) is 3.29. The van der Waals surface area contributed by atoms with Crippen LogP contribution in [0.5, 0.6) is 5.75 Å². The number of nitrogens with one attached hydrogen (secondary N) is 1. The van der Waals surface area contributed by atoms with Gasteiger partial charge in [-0.2, -0.15) is 0 Å². The Labute approximate surface area is 123 Å². The minimum atomic E-state index is 0.698. The molecule has 106 valence electrons. The first kappa shape index (κ1) is 13.5. The van der Waals surface area contributed by atoms with Crippen molar-refractivity contribution in [3.8, 4) is 5.75 Å². The summed E-state index contributed by atoms with van der Waals surface area (Å²) in [5.41, 5.74) is 4.02. The molecule has 4 nitrogen and oxygen atoms in total. The fraction of sp³-hybridized carbons (Fsp3) is 0.176. The molecule has 21 heavy (non-hydrogen) atoms. The van der Waals surface area contributed by atoms with Crippen molar-refractivity contribution in [1.82, 2.24) is 15.3 Å². The fourth-order valence-electron chi connectivity index (χ4n) is 2.16. The summed E-state index contributed by atoms with van der Waals surface area (Å²) in [5, 5.41) is 3.38. The Kier molecular flexibility index (Phi) is 4.07. The van der Waals surface area contributed by atoms with E-state index < -0.39 is 0 Å². The van der Waals surface area contributed by atoms with Crippen LogP contribution in [0.3, 0.4) is 0 Å². The predicted molar refractivity (Wildman–Crippen MR) is 83.1 cm³/mol. The summed E-state index contributed by atoms with van der Waals surface area (Å²) in [6.07, 6.45) is 1.82. The maximum absolute atomic E-state index is 5.15. The summed E-state index contributed by atoms with van der Waals surface area (Å²) in [7, 11) is 1.67. The molecular weight excluding hydrogens is 262 g/mol. The summed E-state index contributed by atoms with van der Waals surface area (Å²) in [4.78, 5) is 9.00. The molecule has 3 rings (SSSR count). The summed E-state index contributed by atoms with van der Waals surface area (Å²) < 4.78 is 5.15. The molecule has 0 saturated carbocycles. The lowest BCUT2D eigenvalue weighted by atomic mass is 10.2. The number of rotatable bonds is 5. The highest BCUT2D eigenvalue weighted by atomic mass is 16.5. The minimum absolute atomic E-state index is 0.698. The van der Waals surface area contributed by atoms with Crippen molar-refractivity contribution in [1.29, 1.82) is 0 Å². The molecule has 0 radical (unpaired) electrons. The normalized spacial score (nSPS) is 10.7. The van der Waals surface area contributed by atoms with E-state index in [0.717, 1.165) is 29.0 Å². The van der Waals surface area contributed by atoms with Gasteiger partial charge in [-0.3, -0.25) is 4.98 Å².